The van der Waals surface area contributed by atoms with Crippen LogP contribution in [0.3, 0.4) is 0 Å². The van der Waals surface area contributed by atoms with Crippen LogP contribution in [0.1, 0.15) is 2.85 Å². The van der Waals surface area contributed by atoms with Crippen LogP contribution in [0.4, 0.5) is 4.79 Å². The Hall–Kier alpha value is 2.46. The van der Waals surface area contributed by atoms with Crippen LogP contribution in [-0.4, -0.2) is 6.16 Å². The molecule has 0 spiro atoms. The van der Waals surface area contributed by atoms with Crippen molar-refractivity contribution >= 4 is 6.16 Å². The van der Waals surface area contributed by atoms with Gasteiger partial charge in [-0.15, -0.1) is 0 Å². The van der Waals surface area contributed by atoms with E-state index >= 15 is 0 Å². The van der Waals surface area contributed by atoms with Crippen molar-refractivity contribution < 1.29 is 115 Å². The van der Waals surface area contributed by atoms with Crippen LogP contribution < -0.4 is 107 Å². The van der Waals surface area contributed by atoms with Gasteiger partial charge < -0.3 is 17.9 Å². The maximum absolute atomic E-state index is 8.33. The van der Waals surface area contributed by atoms with Gasteiger partial charge in [0.1, 0.15) is 0 Å². The Morgan fingerprint density at radius 3 is 1.12 bits per heavy atom. The molecule has 0 heterocycles. The molecule has 3 nitrogen and oxygen atoms in total. The van der Waals surface area contributed by atoms with E-state index in [1.165, 1.54) is 0 Å². The van der Waals surface area contributed by atoms with Gasteiger partial charge in [-0.1, -0.05) is 0 Å². The first-order valence-corrected chi connectivity index (χ1v) is 0.612. The van der Waals surface area contributed by atoms with E-state index in [-0.39, 0.29) is 99.7 Å². The zero-order valence-electron chi connectivity index (χ0n) is 7.72. The summed E-state index contributed by atoms with van der Waals surface area (Å²) >= 11 is 0. The molecule has 0 fully saturated rings. The number of carbonyl (C=O) groups excluding carboxylic acids is 1. The number of hydrogen-bond acceptors (Lipinski definition) is 3. The van der Waals surface area contributed by atoms with E-state index in [2.05, 4.69) is 0 Å². The Kier molecular flexibility index (Phi) is 89.1. The van der Waals surface area contributed by atoms with Crippen LogP contribution in [0.15, 0.2) is 0 Å². The quantitative estimate of drug-likeness (QED) is 0.299. The minimum atomic E-state index is -2.33. The van der Waals surface area contributed by atoms with Gasteiger partial charge in [-0.05, 0) is 6.16 Å². The number of carboxylic acid groups (broad SMARTS) is 2. The molecule has 0 amide bonds. The molecule has 0 aromatic rings. The Bertz CT molecular complexity index is 45.5. The van der Waals surface area contributed by atoms with Crippen molar-refractivity contribution in [2.75, 3.05) is 0 Å². The first kappa shape index (κ1) is 31.4. The Morgan fingerprint density at radius 2 is 1.12 bits per heavy atom. The molecule has 0 aliphatic rings. The molecule has 8 heavy (non-hydrogen) atoms. The molecule has 28 valence electrons. The zero-order valence-corrected chi connectivity index (χ0v) is 9.72. The fraction of sp³-hybridized carbons (Fsp3) is 0. The van der Waals surface area contributed by atoms with Crippen LogP contribution in [-0.2, 0) is 0 Å². The van der Waals surface area contributed by atoms with E-state index in [1.54, 1.807) is 0 Å². The van der Waals surface area contributed by atoms with Crippen LogP contribution >= 0.6 is 0 Å². The maximum atomic E-state index is 8.33. The largest absolute Gasteiger partial charge is 1.00 e. The molecule has 0 radical (unpaired) electrons. The maximum Gasteiger partial charge on any atom is 1.00 e. The van der Waals surface area contributed by atoms with E-state index in [4.69, 9.17) is 15.0 Å². The first-order chi connectivity index (χ1) is 1.73. The second-order valence-electron chi connectivity index (χ2n) is 0.250. The normalized spacial score (nSPS) is 3.00. The predicted octanol–water partition coefficient (Wildman–Crippen LogP) is -14.2. The fourth-order valence-corrected chi connectivity index (χ4v) is 0. The third kappa shape index (κ3) is 77.6. The molecule has 0 unspecified atom stereocenters. The number of hydrogen-bond donors (Lipinski definition) is 0. The van der Waals surface area contributed by atoms with Crippen molar-refractivity contribution in [2.24, 2.45) is 0 Å². The molecule has 0 aromatic carbocycles. The van der Waals surface area contributed by atoms with Crippen LogP contribution in [0.5, 0.6) is 0 Å². The molecule has 0 aromatic heterocycles. The predicted molar refractivity (Wildman–Crippen MR) is 7.62 cm³/mol. The van der Waals surface area contributed by atoms with Gasteiger partial charge in [-0.3, -0.25) is 0 Å². The third-order valence-electron chi connectivity index (χ3n) is 0. The topological polar surface area (TPSA) is 63.2 Å². The molecule has 0 saturated heterocycles. The molecule has 0 rings (SSSR count). The van der Waals surface area contributed by atoms with Crippen LogP contribution in [0.25, 0.3) is 0 Å². The second-order valence-corrected chi connectivity index (χ2v) is 0.250. The van der Waals surface area contributed by atoms with Crippen molar-refractivity contribution in [2.45, 2.75) is 0 Å². The Morgan fingerprint density at radius 1 is 1.12 bits per heavy atom. The third-order valence-corrected chi connectivity index (χ3v) is 0. The minimum Gasteiger partial charge on any atom is -1.00 e. The van der Waals surface area contributed by atoms with Gasteiger partial charge in [-0.25, -0.2) is 0 Å². The average Bonchev–Trinajstić information content (AvgIpc) is 0.811. The summed E-state index contributed by atoms with van der Waals surface area (Å²) in [7, 11) is 0. The average molecular weight is 122 g/mol. The monoisotopic (exact) mass is 122 g/mol. The summed E-state index contributed by atoms with van der Waals surface area (Å²) in [6, 6.07) is 0. The Labute approximate surface area is 119 Å². The fourth-order valence-electron chi connectivity index (χ4n) is 0. The summed E-state index contributed by atoms with van der Waals surface area (Å²) in [5.41, 5.74) is 0. The van der Waals surface area contributed by atoms with E-state index in [0.717, 1.165) is 0 Å². The zero-order chi connectivity index (χ0) is 3.58. The summed E-state index contributed by atoms with van der Waals surface area (Å²) in [6.07, 6.45) is -2.33. The molecule has 0 aliphatic heterocycles. The van der Waals surface area contributed by atoms with E-state index < -0.39 is 6.16 Å². The molecule has 0 atom stereocenters. The molecule has 0 saturated carbocycles. The summed E-state index contributed by atoms with van der Waals surface area (Å²) in [6.45, 7) is 0. The smallest absolute Gasteiger partial charge is 1.00 e. The van der Waals surface area contributed by atoms with Gasteiger partial charge in [0.05, 0.1) is 0 Å². The van der Waals surface area contributed by atoms with Gasteiger partial charge in [0.15, 0.2) is 0 Å². The minimum absolute atomic E-state index is 0. The standard InChI is InChI=1S/CH2O3.2Li.2Na.2H/c2-1(3)4;;;;;;/h(H2,2,3,4);;;;;;/q;4*+1;2*-1/p-2. The molecule has 0 N–H and O–H groups in total. The second kappa shape index (κ2) is 22.7. The van der Waals surface area contributed by atoms with Crippen molar-refractivity contribution in [1.29, 1.82) is 0 Å². The van der Waals surface area contributed by atoms with Gasteiger partial charge >= 0.3 is 96.8 Å². The molecule has 7 heteroatoms. The summed E-state index contributed by atoms with van der Waals surface area (Å²) < 4.78 is 0. The summed E-state index contributed by atoms with van der Waals surface area (Å²) in [5, 5.41) is 16.7. The van der Waals surface area contributed by atoms with Crippen LogP contribution in [0, 0.1) is 0 Å². The number of carbonyl (C=O) groups is 1. The SMILES string of the molecule is O=C([O-])[O-].[H-].[H-].[Li+].[Li+].[Na+].[Na+]. The molecule has 0 aliphatic carbocycles. The van der Waals surface area contributed by atoms with Crippen molar-refractivity contribution in [3.63, 3.8) is 0 Å². The van der Waals surface area contributed by atoms with Crippen molar-refractivity contribution in [1.82, 2.24) is 0 Å². The van der Waals surface area contributed by atoms with Gasteiger partial charge in [0.2, 0.25) is 0 Å². The van der Waals surface area contributed by atoms with E-state index in [9.17, 15) is 0 Å². The number of rotatable bonds is 0. The van der Waals surface area contributed by atoms with E-state index in [0.29, 0.717) is 0 Å². The molecular weight excluding hydrogens is 120 g/mol. The van der Waals surface area contributed by atoms with Crippen molar-refractivity contribution in [3.05, 3.63) is 0 Å². The molecular formula is CH2Li2Na2O3. The first-order valence-electron chi connectivity index (χ1n) is 0.612. The van der Waals surface area contributed by atoms with Gasteiger partial charge in [-0.2, -0.15) is 0 Å². The molecule has 0 bridgehead atoms. The summed E-state index contributed by atoms with van der Waals surface area (Å²) in [5.74, 6) is 0. The van der Waals surface area contributed by atoms with Crippen molar-refractivity contribution in [3.8, 4) is 0 Å². The van der Waals surface area contributed by atoms with Crippen LogP contribution in [0.2, 0.25) is 0 Å². The van der Waals surface area contributed by atoms with E-state index in [1.807, 2.05) is 0 Å². The van der Waals surface area contributed by atoms with Gasteiger partial charge in [0.25, 0.3) is 0 Å². The Balaban J connectivity index is -0.00000000300. The van der Waals surface area contributed by atoms with Gasteiger partial charge in [0, 0.05) is 0 Å². The summed E-state index contributed by atoms with van der Waals surface area (Å²) in [4.78, 5) is 8.33.